The molecule has 1 aliphatic rings. The first-order valence-corrected chi connectivity index (χ1v) is 9.22. The molecule has 1 fully saturated rings. The fraction of sp³-hybridized carbons (Fsp3) is 0.235. The van der Waals surface area contributed by atoms with Crippen LogP contribution in [0.3, 0.4) is 0 Å². The lowest BCUT2D eigenvalue weighted by Gasteiger charge is -2.15. The maximum absolute atomic E-state index is 13.2. The first-order chi connectivity index (χ1) is 11.9. The van der Waals surface area contributed by atoms with Gasteiger partial charge in [-0.2, -0.15) is 0 Å². The number of carbonyl (C=O) groups is 1. The number of benzene rings is 2. The van der Waals surface area contributed by atoms with E-state index in [1.165, 1.54) is 24.3 Å². The lowest BCUT2D eigenvalue weighted by atomic mass is 10.2. The van der Waals surface area contributed by atoms with Crippen LogP contribution in [0, 0.1) is 11.6 Å². The number of amides is 1. The Morgan fingerprint density at radius 2 is 1.60 bits per heavy atom. The average molecular weight is 366 g/mol. The molecule has 132 valence electrons. The Labute approximate surface area is 144 Å². The number of hydrogen-bond donors (Lipinski definition) is 1. The zero-order chi connectivity index (χ0) is 18.0. The summed E-state index contributed by atoms with van der Waals surface area (Å²) in [5.41, 5.74) is 0.324. The molecule has 1 saturated heterocycles. The highest BCUT2D eigenvalue weighted by Crippen LogP contribution is 2.20. The highest BCUT2D eigenvalue weighted by molar-refractivity contribution is 7.92. The van der Waals surface area contributed by atoms with Crippen molar-refractivity contribution in [2.24, 2.45) is 0 Å². The number of rotatable bonds is 4. The number of halogens is 2. The van der Waals surface area contributed by atoms with Crippen molar-refractivity contribution in [3.05, 3.63) is 59.7 Å². The largest absolute Gasteiger partial charge is 0.339 e. The minimum atomic E-state index is -3.97. The van der Waals surface area contributed by atoms with Crippen LogP contribution in [0.15, 0.2) is 47.4 Å². The number of sulfonamides is 1. The van der Waals surface area contributed by atoms with E-state index in [9.17, 15) is 22.0 Å². The number of carbonyl (C=O) groups excluding carboxylic acids is 1. The minimum Gasteiger partial charge on any atom is -0.339 e. The van der Waals surface area contributed by atoms with Crippen molar-refractivity contribution in [3.63, 3.8) is 0 Å². The maximum Gasteiger partial charge on any atom is 0.261 e. The molecule has 1 amide bonds. The molecule has 0 atom stereocenters. The number of nitrogens with one attached hydrogen (secondary N) is 1. The number of anilines is 1. The van der Waals surface area contributed by atoms with Crippen LogP contribution in [0.2, 0.25) is 0 Å². The van der Waals surface area contributed by atoms with Gasteiger partial charge < -0.3 is 4.90 Å². The zero-order valence-electron chi connectivity index (χ0n) is 13.2. The maximum atomic E-state index is 13.2. The third kappa shape index (κ3) is 3.79. The summed E-state index contributed by atoms with van der Waals surface area (Å²) in [5, 5.41) is 0. The highest BCUT2D eigenvalue weighted by atomic mass is 32.2. The van der Waals surface area contributed by atoms with E-state index in [1.807, 2.05) is 0 Å². The predicted molar refractivity (Wildman–Crippen MR) is 88.7 cm³/mol. The van der Waals surface area contributed by atoms with Gasteiger partial charge in [0.15, 0.2) is 11.6 Å². The summed E-state index contributed by atoms with van der Waals surface area (Å²) in [6.45, 7) is 1.41. The molecular weight excluding hydrogens is 350 g/mol. The minimum absolute atomic E-state index is 0.0739. The molecule has 0 aliphatic carbocycles. The van der Waals surface area contributed by atoms with Crippen LogP contribution in [-0.2, 0) is 10.0 Å². The van der Waals surface area contributed by atoms with Crippen LogP contribution < -0.4 is 4.72 Å². The first-order valence-electron chi connectivity index (χ1n) is 7.74. The van der Waals surface area contributed by atoms with Crippen molar-refractivity contribution in [2.75, 3.05) is 17.8 Å². The number of hydrogen-bond acceptors (Lipinski definition) is 3. The van der Waals surface area contributed by atoms with Crippen LogP contribution in [0.25, 0.3) is 0 Å². The van der Waals surface area contributed by atoms with E-state index in [1.54, 1.807) is 4.90 Å². The van der Waals surface area contributed by atoms with Crippen LogP contribution in [0.5, 0.6) is 0 Å². The molecule has 2 aromatic carbocycles. The van der Waals surface area contributed by atoms with Crippen molar-refractivity contribution in [1.29, 1.82) is 0 Å². The van der Waals surface area contributed by atoms with Gasteiger partial charge in [0.05, 0.1) is 10.6 Å². The SMILES string of the molecule is O=C(c1ccc(S(=O)(=O)Nc2ccc(F)c(F)c2)cc1)N1CCCC1. The molecule has 5 nitrogen and oxygen atoms in total. The Morgan fingerprint density at radius 1 is 0.960 bits per heavy atom. The Hall–Kier alpha value is -2.48. The summed E-state index contributed by atoms with van der Waals surface area (Å²) >= 11 is 0. The van der Waals surface area contributed by atoms with E-state index in [4.69, 9.17) is 0 Å². The van der Waals surface area contributed by atoms with Gasteiger partial charge in [0, 0.05) is 24.7 Å². The monoisotopic (exact) mass is 366 g/mol. The van der Waals surface area contributed by atoms with E-state index in [0.717, 1.165) is 31.0 Å². The second-order valence-electron chi connectivity index (χ2n) is 5.76. The van der Waals surface area contributed by atoms with Crippen LogP contribution in [0.1, 0.15) is 23.2 Å². The van der Waals surface area contributed by atoms with Gasteiger partial charge in [-0.25, -0.2) is 17.2 Å². The van der Waals surface area contributed by atoms with E-state index in [-0.39, 0.29) is 16.5 Å². The summed E-state index contributed by atoms with van der Waals surface area (Å²) < 4.78 is 52.9. The average Bonchev–Trinajstić information content (AvgIpc) is 3.12. The van der Waals surface area contributed by atoms with E-state index in [0.29, 0.717) is 18.7 Å². The van der Waals surface area contributed by atoms with Crippen LogP contribution in [-0.4, -0.2) is 32.3 Å². The lowest BCUT2D eigenvalue weighted by Crippen LogP contribution is -2.27. The Morgan fingerprint density at radius 3 is 2.20 bits per heavy atom. The van der Waals surface area contributed by atoms with E-state index in [2.05, 4.69) is 4.72 Å². The molecule has 1 heterocycles. The van der Waals surface area contributed by atoms with Gasteiger partial charge in [-0.15, -0.1) is 0 Å². The molecule has 8 heteroatoms. The predicted octanol–water partition coefficient (Wildman–Crippen LogP) is 3.00. The van der Waals surface area contributed by atoms with Crippen LogP contribution in [0.4, 0.5) is 14.5 Å². The Balaban J connectivity index is 1.78. The molecule has 0 radical (unpaired) electrons. The molecule has 1 N–H and O–H groups in total. The number of nitrogens with zero attached hydrogens (tertiary/aromatic N) is 1. The molecule has 0 spiro atoms. The van der Waals surface area contributed by atoms with Gasteiger partial charge in [0.1, 0.15) is 0 Å². The molecule has 3 rings (SSSR count). The smallest absolute Gasteiger partial charge is 0.261 e. The van der Waals surface area contributed by atoms with Gasteiger partial charge in [-0.1, -0.05) is 0 Å². The second-order valence-corrected chi connectivity index (χ2v) is 7.44. The van der Waals surface area contributed by atoms with Gasteiger partial charge in [-0.05, 0) is 49.2 Å². The summed E-state index contributed by atoms with van der Waals surface area (Å²) in [6, 6.07) is 8.24. The van der Waals surface area contributed by atoms with Crippen LogP contribution >= 0.6 is 0 Å². The van der Waals surface area contributed by atoms with E-state index < -0.39 is 21.7 Å². The van der Waals surface area contributed by atoms with E-state index >= 15 is 0 Å². The third-order valence-electron chi connectivity index (χ3n) is 3.98. The van der Waals surface area contributed by atoms with Gasteiger partial charge >= 0.3 is 0 Å². The highest BCUT2D eigenvalue weighted by Gasteiger charge is 2.21. The molecule has 2 aromatic rings. The summed E-state index contributed by atoms with van der Waals surface area (Å²) in [6.07, 6.45) is 1.94. The van der Waals surface area contributed by atoms with Gasteiger partial charge in [0.2, 0.25) is 0 Å². The zero-order valence-corrected chi connectivity index (χ0v) is 14.0. The molecular formula is C17H16F2N2O3S. The molecule has 0 unspecified atom stereocenters. The topological polar surface area (TPSA) is 66.5 Å². The summed E-state index contributed by atoms with van der Waals surface area (Å²) in [4.78, 5) is 13.9. The normalized spacial score (nSPS) is 14.6. The summed E-state index contributed by atoms with van der Waals surface area (Å²) in [5.74, 6) is -2.34. The number of likely N-dealkylation sites (tertiary alicyclic amines) is 1. The second kappa shape index (κ2) is 6.79. The molecule has 1 aliphatic heterocycles. The molecule has 0 bridgehead atoms. The lowest BCUT2D eigenvalue weighted by molar-refractivity contribution is 0.0792. The van der Waals surface area contributed by atoms with Crippen molar-refractivity contribution in [1.82, 2.24) is 4.90 Å². The standard InChI is InChI=1S/C17H16F2N2O3S/c18-15-8-5-13(11-16(15)19)20-25(23,24)14-6-3-12(4-7-14)17(22)21-9-1-2-10-21/h3-8,11,20H,1-2,9-10H2. The van der Waals surface area contributed by atoms with Crippen molar-refractivity contribution in [2.45, 2.75) is 17.7 Å². The summed E-state index contributed by atoms with van der Waals surface area (Å²) in [7, 11) is -3.97. The Kier molecular flexibility index (Phi) is 4.71. The Bertz CT molecular complexity index is 893. The van der Waals surface area contributed by atoms with Crippen molar-refractivity contribution in [3.8, 4) is 0 Å². The molecule has 0 saturated carbocycles. The van der Waals surface area contributed by atoms with Gasteiger partial charge in [0.25, 0.3) is 15.9 Å². The molecule has 25 heavy (non-hydrogen) atoms. The quantitative estimate of drug-likeness (QED) is 0.905. The van der Waals surface area contributed by atoms with Crippen molar-refractivity contribution < 1.29 is 22.0 Å². The third-order valence-corrected chi connectivity index (χ3v) is 5.37. The van der Waals surface area contributed by atoms with Crippen molar-refractivity contribution >= 4 is 21.6 Å². The molecule has 0 aromatic heterocycles. The van der Waals surface area contributed by atoms with Gasteiger partial charge in [-0.3, -0.25) is 9.52 Å². The fourth-order valence-corrected chi connectivity index (χ4v) is 3.70. The first kappa shape index (κ1) is 17.3. The fourth-order valence-electron chi connectivity index (χ4n) is 2.65.